The third-order valence-corrected chi connectivity index (χ3v) is 8.79. The SMILES string of the molecule is CC/C(C)=N/c1c(Br)cnn1C(C)NCC1CCN(S(=O)(=O)c2ccccc2)CC1.Oc1ccccc1. The van der Waals surface area contributed by atoms with E-state index in [1.165, 1.54) is 0 Å². The lowest BCUT2D eigenvalue weighted by Gasteiger charge is -2.32. The van der Waals surface area contributed by atoms with Crippen LogP contribution in [-0.4, -0.2) is 53.0 Å². The Morgan fingerprint density at radius 2 is 1.73 bits per heavy atom. The van der Waals surface area contributed by atoms with Crippen LogP contribution in [0.3, 0.4) is 0 Å². The quantitative estimate of drug-likeness (QED) is 0.326. The van der Waals surface area contributed by atoms with Crippen molar-refractivity contribution >= 4 is 37.5 Å². The standard InChI is InChI=1S/C21H30BrN5O2S.C6H6O/c1-4-16(2)25-21-20(22)15-24-27(21)17(3)23-14-18-10-12-26(13-11-18)30(28,29)19-8-6-5-7-9-19;7-6-4-2-1-3-5-6/h5-9,15,17-18,23H,4,10-14H2,1-3H3;1-5,7H/b25-16+;. The molecule has 1 fully saturated rings. The van der Waals surface area contributed by atoms with Crippen LogP contribution in [0.25, 0.3) is 0 Å². The molecule has 0 spiro atoms. The number of benzene rings is 2. The zero-order valence-corrected chi connectivity index (χ0v) is 24.0. The van der Waals surface area contributed by atoms with E-state index in [4.69, 9.17) is 5.11 Å². The smallest absolute Gasteiger partial charge is 0.243 e. The molecule has 37 heavy (non-hydrogen) atoms. The summed E-state index contributed by atoms with van der Waals surface area (Å²) in [5.41, 5.74) is 1.05. The Bertz CT molecular complexity index is 1240. The van der Waals surface area contributed by atoms with Crippen LogP contribution in [0.1, 0.15) is 46.2 Å². The van der Waals surface area contributed by atoms with Crippen LogP contribution < -0.4 is 5.32 Å². The summed E-state index contributed by atoms with van der Waals surface area (Å²) in [6.07, 6.45) is 4.34. The monoisotopic (exact) mass is 589 g/mol. The third kappa shape index (κ3) is 8.23. The van der Waals surface area contributed by atoms with Crippen molar-refractivity contribution in [1.82, 2.24) is 19.4 Å². The fourth-order valence-electron chi connectivity index (χ4n) is 3.93. The number of nitrogens with one attached hydrogen (secondary N) is 1. The lowest BCUT2D eigenvalue weighted by molar-refractivity contribution is 0.252. The highest BCUT2D eigenvalue weighted by molar-refractivity contribution is 9.10. The van der Waals surface area contributed by atoms with Crippen LogP contribution in [0.15, 0.2) is 81.2 Å². The van der Waals surface area contributed by atoms with E-state index in [9.17, 15) is 8.42 Å². The number of phenols is 1. The van der Waals surface area contributed by atoms with E-state index in [1.54, 1.807) is 59.0 Å². The molecule has 10 heteroatoms. The maximum Gasteiger partial charge on any atom is 0.243 e. The molecule has 4 rings (SSSR count). The van der Waals surface area contributed by atoms with Crippen LogP contribution in [-0.2, 0) is 10.0 Å². The van der Waals surface area contributed by atoms with Crippen molar-refractivity contribution in [2.24, 2.45) is 10.9 Å². The van der Waals surface area contributed by atoms with Gasteiger partial charge in [0.1, 0.15) is 11.9 Å². The van der Waals surface area contributed by atoms with Gasteiger partial charge in [-0.1, -0.05) is 43.3 Å². The van der Waals surface area contributed by atoms with E-state index >= 15 is 0 Å². The Morgan fingerprint density at radius 3 is 2.27 bits per heavy atom. The predicted molar refractivity (Wildman–Crippen MR) is 152 cm³/mol. The minimum atomic E-state index is -3.40. The van der Waals surface area contributed by atoms with E-state index in [-0.39, 0.29) is 6.17 Å². The van der Waals surface area contributed by atoms with Crippen molar-refractivity contribution in [3.05, 3.63) is 71.3 Å². The maximum absolute atomic E-state index is 12.8. The zero-order valence-electron chi connectivity index (χ0n) is 21.6. The second-order valence-corrected chi connectivity index (χ2v) is 11.8. The number of hydrogen-bond acceptors (Lipinski definition) is 6. The number of piperidine rings is 1. The van der Waals surface area contributed by atoms with E-state index in [2.05, 4.69) is 45.2 Å². The van der Waals surface area contributed by atoms with Gasteiger partial charge in [0.25, 0.3) is 0 Å². The summed E-state index contributed by atoms with van der Waals surface area (Å²) in [5.74, 6) is 1.57. The number of phenolic OH excluding ortho intramolecular Hbond substituents is 1. The zero-order chi connectivity index (χ0) is 26.8. The molecule has 200 valence electrons. The maximum atomic E-state index is 12.8. The van der Waals surface area contributed by atoms with E-state index in [0.717, 1.165) is 41.8 Å². The number of para-hydroxylation sites is 1. The normalized spacial score (nSPS) is 16.2. The van der Waals surface area contributed by atoms with Crippen molar-refractivity contribution in [3.63, 3.8) is 0 Å². The number of aliphatic imine (C=N–C) groups is 1. The Labute approximate surface area is 228 Å². The van der Waals surface area contributed by atoms with Gasteiger partial charge in [0, 0.05) is 18.8 Å². The molecular weight excluding hydrogens is 554 g/mol. The van der Waals surface area contributed by atoms with Crippen LogP contribution in [0, 0.1) is 5.92 Å². The van der Waals surface area contributed by atoms with Gasteiger partial charge in [0.2, 0.25) is 10.0 Å². The molecule has 1 saturated heterocycles. The van der Waals surface area contributed by atoms with Crippen molar-refractivity contribution in [2.45, 2.75) is 51.1 Å². The van der Waals surface area contributed by atoms with E-state index in [0.29, 0.717) is 29.7 Å². The number of aromatic nitrogens is 2. The second-order valence-electron chi connectivity index (χ2n) is 9.04. The molecule has 1 atom stereocenters. The second kappa shape index (κ2) is 13.9. The highest BCUT2D eigenvalue weighted by Gasteiger charge is 2.29. The Morgan fingerprint density at radius 1 is 1.14 bits per heavy atom. The molecule has 0 aliphatic carbocycles. The fraction of sp³-hybridized carbons (Fsp3) is 0.407. The summed E-state index contributed by atoms with van der Waals surface area (Å²) < 4.78 is 29.9. The lowest BCUT2D eigenvalue weighted by atomic mass is 9.98. The first-order valence-electron chi connectivity index (χ1n) is 12.5. The molecule has 2 aromatic carbocycles. The van der Waals surface area contributed by atoms with Crippen LogP contribution in [0.2, 0.25) is 0 Å². The highest BCUT2D eigenvalue weighted by Crippen LogP contribution is 2.28. The molecule has 3 aromatic rings. The first-order chi connectivity index (χ1) is 17.7. The summed E-state index contributed by atoms with van der Waals surface area (Å²) in [5, 5.41) is 16.6. The first kappa shape index (κ1) is 29.0. The summed E-state index contributed by atoms with van der Waals surface area (Å²) in [6, 6.07) is 17.4. The number of halogens is 1. The van der Waals surface area contributed by atoms with Crippen LogP contribution >= 0.6 is 15.9 Å². The molecule has 0 radical (unpaired) electrons. The molecule has 2 N–H and O–H groups in total. The van der Waals surface area contributed by atoms with Gasteiger partial charge in [-0.3, -0.25) is 5.32 Å². The first-order valence-corrected chi connectivity index (χ1v) is 14.8. The number of hydrogen-bond donors (Lipinski definition) is 2. The van der Waals surface area contributed by atoms with Gasteiger partial charge in [-0.15, -0.1) is 0 Å². The van der Waals surface area contributed by atoms with Gasteiger partial charge in [-0.2, -0.15) is 9.40 Å². The molecule has 8 nitrogen and oxygen atoms in total. The summed E-state index contributed by atoms with van der Waals surface area (Å²) in [4.78, 5) is 5.05. The molecule has 1 aliphatic rings. The lowest BCUT2D eigenvalue weighted by Crippen LogP contribution is -2.41. The van der Waals surface area contributed by atoms with Crippen LogP contribution in [0.4, 0.5) is 5.82 Å². The Kier molecular flexibility index (Phi) is 10.9. The molecule has 1 unspecified atom stereocenters. The average molecular weight is 591 g/mol. The number of aromatic hydroxyl groups is 1. The van der Waals surface area contributed by atoms with Gasteiger partial charge < -0.3 is 5.11 Å². The average Bonchev–Trinajstić information content (AvgIpc) is 3.28. The number of nitrogens with zero attached hydrogens (tertiary/aromatic N) is 4. The van der Waals surface area contributed by atoms with Crippen molar-refractivity contribution in [1.29, 1.82) is 0 Å². The summed E-state index contributed by atoms with van der Waals surface area (Å²) in [7, 11) is -3.40. The van der Waals surface area contributed by atoms with Gasteiger partial charge in [0.05, 0.1) is 15.6 Å². The molecule has 1 aromatic heterocycles. The molecule has 1 aliphatic heterocycles. The summed E-state index contributed by atoms with van der Waals surface area (Å²) in [6.45, 7) is 8.08. The van der Waals surface area contributed by atoms with Crippen molar-refractivity contribution < 1.29 is 13.5 Å². The van der Waals surface area contributed by atoms with E-state index in [1.807, 2.05) is 23.7 Å². The molecule has 0 bridgehead atoms. The highest BCUT2D eigenvalue weighted by atomic mass is 79.9. The molecule has 2 heterocycles. The Balaban J connectivity index is 0.000000468. The van der Waals surface area contributed by atoms with E-state index < -0.39 is 10.0 Å². The topological polar surface area (TPSA) is 99.8 Å². The van der Waals surface area contributed by atoms with Gasteiger partial charge >= 0.3 is 0 Å². The number of rotatable bonds is 8. The minimum Gasteiger partial charge on any atom is -0.508 e. The fourth-order valence-corrected chi connectivity index (χ4v) is 5.78. The van der Waals surface area contributed by atoms with Gasteiger partial charge in [0.15, 0.2) is 5.82 Å². The minimum absolute atomic E-state index is 0.00853. The summed E-state index contributed by atoms with van der Waals surface area (Å²) >= 11 is 3.53. The molecular formula is C27H36BrN5O3S. The van der Waals surface area contributed by atoms with Gasteiger partial charge in [-0.25, -0.2) is 18.1 Å². The van der Waals surface area contributed by atoms with Crippen molar-refractivity contribution in [3.8, 4) is 5.75 Å². The number of sulfonamides is 1. The Hall–Kier alpha value is -2.53. The van der Waals surface area contributed by atoms with Crippen molar-refractivity contribution in [2.75, 3.05) is 19.6 Å². The largest absolute Gasteiger partial charge is 0.508 e. The third-order valence-electron chi connectivity index (χ3n) is 6.31. The predicted octanol–water partition coefficient (Wildman–Crippen LogP) is 5.75. The van der Waals surface area contributed by atoms with Crippen LogP contribution in [0.5, 0.6) is 5.75 Å². The molecule has 0 saturated carbocycles. The van der Waals surface area contributed by atoms with Gasteiger partial charge in [-0.05, 0) is 85.8 Å². The molecule has 0 amide bonds.